The number of amides is 2. The summed E-state index contributed by atoms with van der Waals surface area (Å²) in [4.78, 5) is 20.0. The predicted molar refractivity (Wildman–Crippen MR) is 84.9 cm³/mol. The van der Waals surface area contributed by atoms with E-state index in [0.29, 0.717) is 32.0 Å². The lowest BCUT2D eigenvalue weighted by atomic mass is 10.2. The normalized spacial score (nSPS) is 24.8. The van der Waals surface area contributed by atoms with Crippen molar-refractivity contribution < 1.29 is 13.9 Å². The molecule has 2 unspecified atom stereocenters. The zero-order valence-electron chi connectivity index (χ0n) is 13.4. The number of piperazine rings is 1. The van der Waals surface area contributed by atoms with Gasteiger partial charge in [-0.2, -0.15) is 4.39 Å². The number of urea groups is 1. The number of nitrogens with zero attached hydrogens (tertiary/aromatic N) is 3. The zero-order valence-corrected chi connectivity index (χ0v) is 13.4. The topological polar surface area (TPSA) is 57.7 Å². The van der Waals surface area contributed by atoms with Crippen LogP contribution in [0.15, 0.2) is 18.2 Å². The fourth-order valence-electron chi connectivity index (χ4n) is 3.16. The molecule has 6 nitrogen and oxygen atoms in total. The van der Waals surface area contributed by atoms with Gasteiger partial charge in [0.25, 0.3) is 0 Å². The van der Waals surface area contributed by atoms with E-state index in [1.54, 1.807) is 17.0 Å². The maximum atomic E-state index is 13.3. The summed E-state index contributed by atoms with van der Waals surface area (Å²) >= 11 is 0. The summed E-state index contributed by atoms with van der Waals surface area (Å²) in [5.74, 6) is 0.142. The van der Waals surface area contributed by atoms with E-state index in [-0.39, 0.29) is 18.2 Å². The Balaban J connectivity index is 1.52. The molecule has 3 heterocycles. The average Bonchev–Trinajstić information content (AvgIpc) is 3.06. The minimum atomic E-state index is -0.480. The summed E-state index contributed by atoms with van der Waals surface area (Å²) in [7, 11) is 0. The largest absolute Gasteiger partial charge is 0.376 e. The van der Waals surface area contributed by atoms with E-state index in [2.05, 4.69) is 10.3 Å². The Morgan fingerprint density at radius 1 is 1.48 bits per heavy atom. The third-order valence-corrected chi connectivity index (χ3v) is 4.41. The first-order valence-electron chi connectivity index (χ1n) is 8.17. The minimum Gasteiger partial charge on any atom is -0.376 e. The predicted octanol–water partition coefficient (Wildman–Crippen LogP) is 1.62. The fourth-order valence-corrected chi connectivity index (χ4v) is 3.16. The lowest BCUT2D eigenvalue weighted by Crippen LogP contribution is -2.56. The Kier molecular flexibility index (Phi) is 4.95. The van der Waals surface area contributed by atoms with Gasteiger partial charge in [0.2, 0.25) is 5.95 Å². The van der Waals surface area contributed by atoms with Crippen molar-refractivity contribution in [3.05, 3.63) is 24.1 Å². The van der Waals surface area contributed by atoms with Gasteiger partial charge >= 0.3 is 6.03 Å². The summed E-state index contributed by atoms with van der Waals surface area (Å²) in [5.41, 5.74) is 0. The molecule has 0 spiro atoms. The molecule has 7 heteroatoms. The zero-order chi connectivity index (χ0) is 16.2. The van der Waals surface area contributed by atoms with E-state index in [1.165, 1.54) is 6.07 Å². The standard InChI is InChI=1S/C16H23FN4O2/c1-12-11-20(16(22)18-10-13-4-3-9-23-13)7-8-21(12)15-6-2-5-14(17)19-15/h2,5-6,12-13H,3-4,7-11H2,1H3,(H,18,22). The molecule has 2 fully saturated rings. The molecule has 23 heavy (non-hydrogen) atoms. The number of hydrogen-bond donors (Lipinski definition) is 1. The van der Waals surface area contributed by atoms with Gasteiger partial charge in [0.1, 0.15) is 5.82 Å². The molecule has 1 N–H and O–H groups in total. The van der Waals surface area contributed by atoms with Crippen molar-refractivity contribution in [1.29, 1.82) is 0 Å². The highest BCUT2D eigenvalue weighted by Gasteiger charge is 2.28. The molecule has 2 aliphatic heterocycles. The number of nitrogens with one attached hydrogen (secondary N) is 1. The molecule has 0 bridgehead atoms. The van der Waals surface area contributed by atoms with Gasteiger partial charge in [-0.1, -0.05) is 6.07 Å². The molecule has 2 atom stereocenters. The van der Waals surface area contributed by atoms with Crippen LogP contribution in [0.2, 0.25) is 0 Å². The van der Waals surface area contributed by atoms with Crippen LogP contribution >= 0.6 is 0 Å². The summed E-state index contributed by atoms with van der Waals surface area (Å²) < 4.78 is 18.8. The second-order valence-electron chi connectivity index (χ2n) is 6.13. The van der Waals surface area contributed by atoms with Crippen LogP contribution in [0.1, 0.15) is 19.8 Å². The number of ether oxygens (including phenoxy) is 1. The van der Waals surface area contributed by atoms with Crippen LogP contribution in [0.5, 0.6) is 0 Å². The Labute approximate surface area is 135 Å². The number of anilines is 1. The highest BCUT2D eigenvalue weighted by atomic mass is 19.1. The van der Waals surface area contributed by atoms with Gasteiger partial charge in [-0.15, -0.1) is 0 Å². The van der Waals surface area contributed by atoms with Crippen molar-refractivity contribution >= 4 is 11.8 Å². The first-order valence-corrected chi connectivity index (χ1v) is 8.17. The second kappa shape index (κ2) is 7.12. The maximum absolute atomic E-state index is 13.3. The molecule has 1 aromatic rings. The Morgan fingerprint density at radius 2 is 2.35 bits per heavy atom. The van der Waals surface area contributed by atoms with Gasteiger partial charge < -0.3 is 19.9 Å². The second-order valence-corrected chi connectivity index (χ2v) is 6.13. The molecule has 2 amide bonds. The van der Waals surface area contributed by atoms with Crippen molar-refractivity contribution in [3.63, 3.8) is 0 Å². The van der Waals surface area contributed by atoms with Crippen molar-refractivity contribution in [2.24, 2.45) is 0 Å². The van der Waals surface area contributed by atoms with Gasteiger partial charge in [-0.25, -0.2) is 9.78 Å². The van der Waals surface area contributed by atoms with Gasteiger partial charge in [0, 0.05) is 38.8 Å². The third kappa shape index (κ3) is 3.90. The Bertz CT molecular complexity index is 551. The van der Waals surface area contributed by atoms with Crippen molar-refractivity contribution in [2.45, 2.75) is 31.9 Å². The van der Waals surface area contributed by atoms with Crippen LogP contribution < -0.4 is 10.2 Å². The number of carbonyl (C=O) groups excluding carboxylic acids is 1. The van der Waals surface area contributed by atoms with Gasteiger partial charge in [-0.3, -0.25) is 0 Å². The van der Waals surface area contributed by atoms with Crippen LogP contribution in [0.25, 0.3) is 0 Å². The minimum absolute atomic E-state index is 0.0563. The number of pyridine rings is 1. The maximum Gasteiger partial charge on any atom is 0.317 e. The summed E-state index contributed by atoms with van der Waals surface area (Å²) in [6.45, 7) is 5.21. The average molecular weight is 322 g/mol. The molecular formula is C16H23FN4O2. The van der Waals surface area contributed by atoms with Gasteiger partial charge in [0.05, 0.1) is 6.10 Å². The third-order valence-electron chi connectivity index (χ3n) is 4.41. The van der Waals surface area contributed by atoms with E-state index >= 15 is 0 Å². The number of carbonyl (C=O) groups is 1. The molecule has 3 rings (SSSR count). The van der Waals surface area contributed by atoms with Crippen LogP contribution in [0, 0.1) is 5.95 Å². The monoisotopic (exact) mass is 322 g/mol. The lowest BCUT2D eigenvalue weighted by Gasteiger charge is -2.40. The number of hydrogen-bond acceptors (Lipinski definition) is 4. The van der Waals surface area contributed by atoms with Crippen LogP contribution in [-0.4, -0.2) is 60.8 Å². The molecule has 1 aromatic heterocycles. The van der Waals surface area contributed by atoms with Gasteiger partial charge in [-0.05, 0) is 31.9 Å². The van der Waals surface area contributed by atoms with E-state index in [9.17, 15) is 9.18 Å². The van der Waals surface area contributed by atoms with Crippen LogP contribution in [0.4, 0.5) is 15.0 Å². The number of halogens is 1. The highest BCUT2D eigenvalue weighted by Crippen LogP contribution is 2.18. The summed E-state index contributed by atoms with van der Waals surface area (Å²) in [6.07, 6.45) is 2.22. The lowest BCUT2D eigenvalue weighted by molar-refractivity contribution is 0.108. The number of rotatable bonds is 3. The first-order chi connectivity index (χ1) is 11.1. The molecule has 0 radical (unpaired) electrons. The highest BCUT2D eigenvalue weighted by molar-refractivity contribution is 5.74. The van der Waals surface area contributed by atoms with E-state index in [1.807, 2.05) is 11.8 Å². The van der Waals surface area contributed by atoms with Crippen molar-refractivity contribution in [2.75, 3.05) is 37.7 Å². The van der Waals surface area contributed by atoms with E-state index in [0.717, 1.165) is 19.4 Å². The fraction of sp³-hybridized carbons (Fsp3) is 0.625. The molecule has 2 aliphatic rings. The van der Waals surface area contributed by atoms with Crippen molar-refractivity contribution in [3.8, 4) is 0 Å². The quantitative estimate of drug-likeness (QED) is 0.859. The summed E-state index contributed by atoms with van der Waals surface area (Å²) in [6, 6.07) is 4.83. The molecular weight excluding hydrogens is 299 g/mol. The Hall–Kier alpha value is -1.89. The summed E-state index contributed by atoms with van der Waals surface area (Å²) in [5, 5.41) is 2.95. The molecule has 0 aromatic carbocycles. The van der Waals surface area contributed by atoms with Gasteiger partial charge in [0.15, 0.2) is 0 Å². The number of aromatic nitrogens is 1. The van der Waals surface area contributed by atoms with Crippen LogP contribution in [0.3, 0.4) is 0 Å². The smallest absolute Gasteiger partial charge is 0.317 e. The van der Waals surface area contributed by atoms with E-state index in [4.69, 9.17) is 4.74 Å². The Morgan fingerprint density at radius 3 is 3.04 bits per heavy atom. The molecule has 0 aliphatic carbocycles. The molecule has 0 saturated carbocycles. The molecule has 126 valence electrons. The SMILES string of the molecule is CC1CN(C(=O)NCC2CCCO2)CCN1c1cccc(F)n1. The first kappa shape index (κ1) is 16.0. The van der Waals surface area contributed by atoms with Crippen molar-refractivity contribution in [1.82, 2.24) is 15.2 Å². The molecule has 2 saturated heterocycles. The van der Waals surface area contributed by atoms with Crippen LogP contribution in [-0.2, 0) is 4.74 Å². The van der Waals surface area contributed by atoms with E-state index < -0.39 is 5.95 Å².